The van der Waals surface area contributed by atoms with Crippen LogP contribution in [-0.4, -0.2) is 46.9 Å². The van der Waals surface area contributed by atoms with Crippen molar-refractivity contribution in [1.82, 2.24) is 9.88 Å². The van der Waals surface area contributed by atoms with Gasteiger partial charge in [0, 0.05) is 49.0 Å². The third-order valence-corrected chi connectivity index (χ3v) is 5.39. The fourth-order valence-electron chi connectivity index (χ4n) is 3.86. The number of carbonyl (C=O) groups excluding carboxylic acids is 1. The number of halogens is 1. The number of anilines is 1. The Morgan fingerprint density at radius 2 is 1.87 bits per heavy atom. The average Bonchev–Trinajstić information content (AvgIpc) is 2.74. The molecule has 8 heteroatoms. The number of fused-ring (bicyclic) bond motifs is 1. The number of nitrogens with zero attached hydrogens (tertiary/aromatic N) is 4. The summed E-state index contributed by atoms with van der Waals surface area (Å²) in [5.41, 5.74) is 2.33. The number of pyridine rings is 1. The van der Waals surface area contributed by atoms with E-state index in [9.17, 15) is 19.3 Å². The molecule has 1 aliphatic heterocycles. The number of hydrogen-bond donors (Lipinski definition) is 0. The Balaban J connectivity index is 1.52. The third kappa shape index (κ3) is 3.80. The molecule has 1 aromatic heterocycles. The standard InChI is InChI=1S/C22H21FN4O3/c1-15-13-20(17-6-4-8-19(27(29)30)22(17)24-15)25-9-11-26(12-10-25)21(28)14-16-5-2-3-7-18(16)23/h2-8,13H,9-12,14H2,1H3. The van der Waals surface area contributed by atoms with Crippen LogP contribution < -0.4 is 4.90 Å². The zero-order valence-electron chi connectivity index (χ0n) is 16.5. The van der Waals surface area contributed by atoms with E-state index in [1.807, 2.05) is 19.1 Å². The van der Waals surface area contributed by atoms with Gasteiger partial charge in [-0.05, 0) is 24.6 Å². The molecule has 0 saturated carbocycles. The maximum absolute atomic E-state index is 13.8. The molecular weight excluding hydrogens is 387 g/mol. The first-order valence-electron chi connectivity index (χ1n) is 9.75. The second-order valence-electron chi connectivity index (χ2n) is 7.35. The van der Waals surface area contributed by atoms with Crippen molar-refractivity contribution in [2.75, 3.05) is 31.1 Å². The summed E-state index contributed by atoms with van der Waals surface area (Å²) in [6.07, 6.45) is 0.0379. The van der Waals surface area contributed by atoms with E-state index >= 15 is 0 Å². The van der Waals surface area contributed by atoms with E-state index in [-0.39, 0.29) is 23.8 Å². The minimum absolute atomic E-state index is 0.0175. The van der Waals surface area contributed by atoms with Crippen LogP contribution in [0.25, 0.3) is 10.9 Å². The van der Waals surface area contributed by atoms with Gasteiger partial charge in [0.1, 0.15) is 5.82 Å². The number of aryl methyl sites for hydroxylation is 1. The molecule has 3 aromatic rings. The smallest absolute Gasteiger partial charge is 0.295 e. The fourth-order valence-corrected chi connectivity index (χ4v) is 3.86. The first kappa shape index (κ1) is 19.8. The van der Waals surface area contributed by atoms with Crippen LogP contribution in [0.4, 0.5) is 15.8 Å². The predicted molar refractivity (Wildman–Crippen MR) is 112 cm³/mol. The fraction of sp³-hybridized carbons (Fsp3) is 0.273. The summed E-state index contributed by atoms with van der Waals surface area (Å²) in [5, 5.41) is 12.1. The first-order chi connectivity index (χ1) is 14.4. The molecule has 0 radical (unpaired) electrons. The van der Waals surface area contributed by atoms with Crippen LogP contribution in [-0.2, 0) is 11.2 Å². The van der Waals surface area contributed by atoms with Gasteiger partial charge in [-0.15, -0.1) is 0 Å². The van der Waals surface area contributed by atoms with Crippen LogP contribution in [0.1, 0.15) is 11.3 Å². The molecular formula is C22H21FN4O3. The SMILES string of the molecule is Cc1cc(N2CCN(C(=O)Cc3ccccc3F)CC2)c2cccc([N+](=O)[O-])c2n1. The Morgan fingerprint density at radius 1 is 1.13 bits per heavy atom. The molecule has 154 valence electrons. The maximum Gasteiger partial charge on any atom is 0.295 e. The van der Waals surface area contributed by atoms with Gasteiger partial charge in [0.05, 0.1) is 11.3 Å². The molecule has 0 aliphatic carbocycles. The summed E-state index contributed by atoms with van der Waals surface area (Å²) in [6.45, 7) is 4.00. The molecule has 1 amide bonds. The number of piperazine rings is 1. The molecule has 1 fully saturated rings. The van der Waals surface area contributed by atoms with E-state index in [0.717, 1.165) is 11.1 Å². The van der Waals surface area contributed by atoms with Crippen molar-refractivity contribution in [3.8, 4) is 0 Å². The quantitative estimate of drug-likeness (QED) is 0.488. The molecule has 1 saturated heterocycles. The summed E-state index contributed by atoms with van der Waals surface area (Å²) in [6, 6.07) is 13.2. The van der Waals surface area contributed by atoms with Crippen molar-refractivity contribution in [3.05, 3.63) is 75.7 Å². The molecule has 2 heterocycles. The molecule has 0 bridgehead atoms. The summed E-state index contributed by atoms with van der Waals surface area (Å²) in [5.74, 6) is -0.476. The van der Waals surface area contributed by atoms with Gasteiger partial charge in [-0.1, -0.05) is 30.3 Å². The second-order valence-corrected chi connectivity index (χ2v) is 7.35. The Morgan fingerprint density at radius 3 is 2.57 bits per heavy atom. The highest BCUT2D eigenvalue weighted by Crippen LogP contribution is 2.32. The lowest BCUT2D eigenvalue weighted by atomic mass is 10.1. The van der Waals surface area contributed by atoms with Gasteiger partial charge in [0.2, 0.25) is 5.91 Å². The Bertz CT molecular complexity index is 1130. The van der Waals surface area contributed by atoms with Crippen LogP contribution in [0, 0.1) is 22.9 Å². The van der Waals surface area contributed by atoms with Gasteiger partial charge < -0.3 is 9.80 Å². The second kappa shape index (κ2) is 8.06. The van der Waals surface area contributed by atoms with Gasteiger partial charge in [-0.25, -0.2) is 9.37 Å². The summed E-state index contributed by atoms with van der Waals surface area (Å²) in [4.78, 5) is 31.8. The number of amides is 1. The third-order valence-electron chi connectivity index (χ3n) is 5.39. The number of para-hydroxylation sites is 1. The number of non-ortho nitro benzene ring substituents is 1. The molecule has 7 nitrogen and oxygen atoms in total. The lowest BCUT2D eigenvalue weighted by Gasteiger charge is -2.36. The molecule has 0 atom stereocenters. The molecule has 1 aliphatic rings. The van der Waals surface area contributed by atoms with Crippen LogP contribution in [0.5, 0.6) is 0 Å². The van der Waals surface area contributed by atoms with Crippen LogP contribution in [0.3, 0.4) is 0 Å². The number of nitro groups is 1. The van der Waals surface area contributed by atoms with Crippen molar-refractivity contribution in [1.29, 1.82) is 0 Å². The molecule has 4 rings (SSSR count). The van der Waals surface area contributed by atoms with E-state index in [1.165, 1.54) is 12.1 Å². The van der Waals surface area contributed by atoms with E-state index in [1.54, 1.807) is 29.2 Å². The average molecular weight is 408 g/mol. The molecule has 30 heavy (non-hydrogen) atoms. The zero-order valence-corrected chi connectivity index (χ0v) is 16.5. The zero-order chi connectivity index (χ0) is 21.3. The Hall–Kier alpha value is -3.55. The van der Waals surface area contributed by atoms with Crippen molar-refractivity contribution < 1.29 is 14.1 Å². The number of hydrogen-bond acceptors (Lipinski definition) is 5. The predicted octanol–water partition coefficient (Wildman–Crippen LogP) is 3.48. The monoisotopic (exact) mass is 408 g/mol. The highest BCUT2D eigenvalue weighted by Gasteiger charge is 2.24. The minimum atomic E-state index is -0.419. The number of rotatable bonds is 4. The van der Waals surface area contributed by atoms with E-state index < -0.39 is 4.92 Å². The van der Waals surface area contributed by atoms with Crippen molar-refractivity contribution in [2.24, 2.45) is 0 Å². The Labute approximate surface area is 172 Å². The van der Waals surface area contributed by atoms with Gasteiger partial charge in [0.15, 0.2) is 5.52 Å². The lowest BCUT2D eigenvalue weighted by molar-refractivity contribution is -0.383. The molecule has 0 unspecified atom stereocenters. The highest BCUT2D eigenvalue weighted by atomic mass is 19.1. The van der Waals surface area contributed by atoms with Crippen LogP contribution in [0.2, 0.25) is 0 Å². The van der Waals surface area contributed by atoms with E-state index in [4.69, 9.17) is 0 Å². The molecule has 0 N–H and O–H groups in total. The van der Waals surface area contributed by atoms with Gasteiger partial charge >= 0.3 is 0 Å². The van der Waals surface area contributed by atoms with Crippen LogP contribution in [0.15, 0.2) is 48.5 Å². The number of nitro benzene ring substituents is 1. The topological polar surface area (TPSA) is 79.6 Å². The largest absolute Gasteiger partial charge is 0.367 e. The number of carbonyl (C=O) groups is 1. The van der Waals surface area contributed by atoms with Crippen molar-refractivity contribution in [2.45, 2.75) is 13.3 Å². The van der Waals surface area contributed by atoms with Crippen molar-refractivity contribution >= 4 is 28.2 Å². The van der Waals surface area contributed by atoms with Gasteiger partial charge in [-0.2, -0.15) is 0 Å². The molecule has 2 aromatic carbocycles. The van der Waals surface area contributed by atoms with Crippen LogP contribution >= 0.6 is 0 Å². The first-order valence-corrected chi connectivity index (χ1v) is 9.75. The van der Waals surface area contributed by atoms with Gasteiger partial charge in [-0.3, -0.25) is 14.9 Å². The van der Waals surface area contributed by atoms with E-state index in [0.29, 0.717) is 43.0 Å². The number of aromatic nitrogens is 1. The minimum Gasteiger partial charge on any atom is -0.367 e. The lowest BCUT2D eigenvalue weighted by Crippen LogP contribution is -2.49. The van der Waals surface area contributed by atoms with E-state index in [2.05, 4.69) is 9.88 Å². The highest BCUT2D eigenvalue weighted by molar-refractivity contribution is 5.97. The van der Waals surface area contributed by atoms with Crippen molar-refractivity contribution in [3.63, 3.8) is 0 Å². The normalized spacial score (nSPS) is 14.2. The number of benzene rings is 2. The molecule has 0 spiro atoms. The summed E-state index contributed by atoms with van der Waals surface area (Å²) >= 11 is 0. The maximum atomic E-state index is 13.8. The summed E-state index contributed by atoms with van der Waals surface area (Å²) < 4.78 is 13.8. The van der Waals surface area contributed by atoms with Gasteiger partial charge in [0.25, 0.3) is 5.69 Å². The summed E-state index contributed by atoms with van der Waals surface area (Å²) in [7, 11) is 0. The Kier molecular flexibility index (Phi) is 5.31.